The van der Waals surface area contributed by atoms with Gasteiger partial charge in [0.1, 0.15) is 17.8 Å². The summed E-state index contributed by atoms with van der Waals surface area (Å²) in [7, 11) is -3.73. The van der Waals surface area contributed by atoms with Gasteiger partial charge in [0.2, 0.25) is 16.6 Å². The minimum atomic E-state index is -1.87. The Morgan fingerprint density at radius 2 is 1.09 bits per heavy atom. The number of benzene rings is 2. The summed E-state index contributed by atoms with van der Waals surface area (Å²) in [4.78, 5) is 11.9. The molecule has 0 aliphatic carbocycles. The molecule has 5 heteroatoms. The van der Waals surface area contributed by atoms with Gasteiger partial charge in [0.15, 0.2) is 0 Å². The lowest BCUT2D eigenvalue weighted by Crippen LogP contribution is -2.43. The predicted molar refractivity (Wildman–Crippen MR) is 141 cm³/mol. The molecule has 0 saturated heterocycles. The molecule has 176 valence electrons. The van der Waals surface area contributed by atoms with Crippen molar-refractivity contribution in [2.45, 2.75) is 90.1 Å². The van der Waals surface area contributed by atoms with Gasteiger partial charge in [-0.1, -0.05) is 65.8 Å². The van der Waals surface area contributed by atoms with Crippen molar-refractivity contribution < 1.29 is 13.6 Å². The summed E-state index contributed by atoms with van der Waals surface area (Å²) >= 11 is 0. The Morgan fingerprint density at radius 3 is 1.44 bits per heavy atom. The molecule has 0 fully saturated rings. The maximum Gasteiger partial charge on any atom is 0.250 e. The van der Waals surface area contributed by atoms with Crippen LogP contribution in [0.4, 0.5) is 0 Å². The molecule has 0 spiro atoms. The summed E-state index contributed by atoms with van der Waals surface area (Å²) in [6.45, 7) is 22.4. The third-order valence-corrected chi connectivity index (χ3v) is 15.9. The van der Waals surface area contributed by atoms with E-state index in [9.17, 15) is 4.79 Å². The molecule has 2 aromatic carbocycles. The van der Waals surface area contributed by atoms with Gasteiger partial charge in [0, 0.05) is 5.92 Å². The van der Waals surface area contributed by atoms with Gasteiger partial charge in [-0.3, -0.25) is 0 Å². The number of hydrogen-bond donors (Lipinski definition) is 0. The number of carbonyl (C=O) groups is 1. The summed E-state index contributed by atoms with van der Waals surface area (Å²) in [6, 6.07) is 16.3. The largest absolute Gasteiger partial charge is 0.544 e. The third kappa shape index (κ3) is 6.58. The van der Waals surface area contributed by atoms with Gasteiger partial charge in [-0.05, 0) is 78.1 Å². The average molecular weight is 471 g/mol. The number of hydrogen-bond acceptors (Lipinski definition) is 3. The van der Waals surface area contributed by atoms with E-state index in [2.05, 4.69) is 79.9 Å². The minimum absolute atomic E-state index is 0.150. The maximum atomic E-state index is 11.9. The van der Waals surface area contributed by atoms with Crippen molar-refractivity contribution in [2.75, 3.05) is 0 Å². The van der Waals surface area contributed by atoms with E-state index < -0.39 is 16.6 Å². The van der Waals surface area contributed by atoms with E-state index >= 15 is 0 Å². The molecule has 0 aliphatic heterocycles. The van der Waals surface area contributed by atoms with E-state index in [-0.39, 0.29) is 16.0 Å². The first kappa shape index (κ1) is 26.4. The second kappa shape index (κ2) is 9.56. The molecule has 2 aromatic rings. The molecule has 0 N–H and O–H groups in total. The Kier molecular flexibility index (Phi) is 7.88. The summed E-state index contributed by atoms with van der Waals surface area (Å²) < 4.78 is 12.7. The first-order chi connectivity index (χ1) is 14.6. The lowest BCUT2D eigenvalue weighted by atomic mass is 9.93. The molecule has 1 unspecified atom stereocenters. The van der Waals surface area contributed by atoms with Crippen LogP contribution in [0.3, 0.4) is 0 Å². The van der Waals surface area contributed by atoms with Gasteiger partial charge in [0.05, 0.1) is 0 Å². The van der Waals surface area contributed by atoms with Crippen molar-refractivity contribution in [1.82, 2.24) is 0 Å². The zero-order valence-corrected chi connectivity index (χ0v) is 23.7. The molecule has 2 rings (SSSR count). The van der Waals surface area contributed by atoms with Gasteiger partial charge >= 0.3 is 0 Å². The fraction of sp³-hybridized carbons (Fsp3) is 0.519. The van der Waals surface area contributed by atoms with Crippen LogP contribution in [-0.2, 0) is 11.2 Å². The lowest BCUT2D eigenvalue weighted by Gasteiger charge is -2.36. The van der Waals surface area contributed by atoms with Gasteiger partial charge < -0.3 is 13.6 Å². The predicted octanol–water partition coefficient (Wildman–Crippen LogP) is 7.98. The molecule has 1 atom stereocenters. The Balaban J connectivity index is 2.08. The van der Waals surface area contributed by atoms with Gasteiger partial charge in [0.25, 0.3) is 0 Å². The monoisotopic (exact) mass is 470 g/mol. The van der Waals surface area contributed by atoms with Crippen molar-refractivity contribution in [3.05, 3.63) is 59.7 Å². The van der Waals surface area contributed by atoms with Crippen LogP contribution in [0.15, 0.2) is 48.5 Å². The second-order valence-corrected chi connectivity index (χ2v) is 21.3. The highest BCUT2D eigenvalue weighted by Gasteiger charge is 2.39. The van der Waals surface area contributed by atoms with Crippen LogP contribution in [0.1, 0.15) is 58.6 Å². The van der Waals surface area contributed by atoms with E-state index in [1.54, 1.807) is 0 Å². The van der Waals surface area contributed by atoms with Crippen molar-refractivity contribution in [2.24, 2.45) is 0 Å². The summed E-state index contributed by atoms with van der Waals surface area (Å²) in [5, 5.41) is 0.312. The first-order valence-electron chi connectivity index (χ1n) is 11.6. The van der Waals surface area contributed by atoms with Crippen LogP contribution in [0.2, 0.25) is 36.3 Å². The Labute approximate surface area is 197 Å². The third-order valence-electron chi connectivity index (χ3n) is 7.21. The standard InChI is InChI=1S/C27H42O3Si2/c1-26(2,3)31(7,8)29-24-15-11-21(12-16-24)19-23(20-28)22-13-17-25(18-14-22)30-32(9,10)27(4,5)6/h11-18,20,23H,19H2,1-10H3. The van der Waals surface area contributed by atoms with Gasteiger partial charge in [-0.25, -0.2) is 0 Å². The molecule has 0 bridgehead atoms. The Hall–Kier alpha value is -1.86. The highest BCUT2D eigenvalue weighted by atomic mass is 28.4. The minimum Gasteiger partial charge on any atom is -0.544 e. The van der Waals surface area contributed by atoms with E-state index in [0.717, 1.165) is 28.9 Å². The molecule has 0 heterocycles. The SMILES string of the molecule is CC(C)(C)[Si](C)(C)Oc1ccc(CC(C=O)c2ccc(O[Si](C)(C)C(C)(C)C)cc2)cc1. The van der Waals surface area contributed by atoms with Crippen LogP contribution < -0.4 is 8.85 Å². The molecule has 0 amide bonds. The first-order valence-corrected chi connectivity index (χ1v) is 17.4. The Morgan fingerprint density at radius 1 is 0.719 bits per heavy atom. The topological polar surface area (TPSA) is 35.5 Å². The maximum absolute atomic E-state index is 11.9. The van der Waals surface area contributed by atoms with Crippen molar-refractivity contribution in [3.63, 3.8) is 0 Å². The van der Waals surface area contributed by atoms with Crippen molar-refractivity contribution in [1.29, 1.82) is 0 Å². The zero-order chi connectivity index (χ0) is 24.4. The summed E-state index contributed by atoms with van der Waals surface area (Å²) in [5.41, 5.74) is 2.15. The molecule has 0 saturated carbocycles. The zero-order valence-electron chi connectivity index (χ0n) is 21.7. The average Bonchev–Trinajstić information content (AvgIpc) is 2.66. The molecule has 0 radical (unpaired) electrons. The molecule has 0 aliphatic rings. The lowest BCUT2D eigenvalue weighted by molar-refractivity contribution is -0.109. The van der Waals surface area contributed by atoms with Crippen LogP contribution in [0.5, 0.6) is 11.5 Å². The van der Waals surface area contributed by atoms with Crippen LogP contribution in [0.25, 0.3) is 0 Å². The summed E-state index contributed by atoms with van der Waals surface area (Å²) in [5.74, 6) is 1.62. The molecule has 32 heavy (non-hydrogen) atoms. The number of carbonyl (C=O) groups excluding carboxylic acids is 1. The van der Waals surface area contributed by atoms with E-state index in [4.69, 9.17) is 8.85 Å². The number of aldehydes is 1. The normalized spacial score (nSPS) is 14.1. The van der Waals surface area contributed by atoms with Gasteiger partial charge in [-0.15, -0.1) is 0 Å². The molecule has 0 aromatic heterocycles. The Bertz CT molecular complexity index is 886. The van der Waals surface area contributed by atoms with E-state index in [1.807, 2.05) is 36.4 Å². The van der Waals surface area contributed by atoms with Gasteiger partial charge in [-0.2, -0.15) is 0 Å². The highest BCUT2D eigenvalue weighted by molar-refractivity contribution is 6.75. The molecular formula is C27H42O3Si2. The number of rotatable bonds is 8. The van der Waals surface area contributed by atoms with Crippen LogP contribution >= 0.6 is 0 Å². The molecular weight excluding hydrogens is 428 g/mol. The van der Waals surface area contributed by atoms with Crippen molar-refractivity contribution >= 4 is 22.9 Å². The fourth-order valence-electron chi connectivity index (χ4n) is 2.87. The van der Waals surface area contributed by atoms with E-state index in [0.29, 0.717) is 6.42 Å². The van der Waals surface area contributed by atoms with Crippen molar-refractivity contribution in [3.8, 4) is 11.5 Å². The highest BCUT2D eigenvalue weighted by Crippen LogP contribution is 2.38. The quantitative estimate of drug-likeness (QED) is 0.290. The molecule has 3 nitrogen and oxygen atoms in total. The van der Waals surface area contributed by atoms with Crippen LogP contribution in [-0.4, -0.2) is 22.9 Å². The van der Waals surface area contributed by atoms with Crippen LogP contribution in [0, 0.1) is 0 Å². The van der Waals surface area contributed by atoms with E-state index in [1.165, 1.54) is 0 Å². The second-order valence-electron chi connectivity index (χ2n) is 11.9. The smallest absolute Gasteiger partial charge is 0.250 e. The fourth-order valence-corrected chi connectivity index (χ4v) is 4.93. The summed E-state index contributed by atoms with van der Waals surface area (Å²) in [6.07, 6.45) is 1.72.